The molecule has 2 rings (SSSR count). The first kappa shape index (κ1) is 17.3. The molecule has 0 saturated carbocycles. The van der Waals surface area contributed by atoms with Gasteiger partial charge < -0.3 is 10.5 Å². The summed E-state index contributed by atoms with van der Waals surface area (Å²) >= 11 is 6.74. The Bertz CT molecular complexity index is 793. The number of ether oxygens (including phenoxy) is 1. The number of nitrogens with two attached hydrogens (primary N) is 1. The smallest absolute Gasteiger partial charge is 0.259 e. The van der Waals surface area contributed by atoms with Gasteiger partial charge in [0.25, 0.3) is 5.91 Å². The number of hydrogen-bond donors (Lipinski definition) is 1. The molecule has 0 radical (unpaired) electrons. The van der Waals surface area contributed by atoms with Crippen LogP contribution in [0, 0.1) is 11.3 Å². The Balaban J connectivity index is 2.27. The second-order valence-electron chi connectivity index (χ2n) is 4.63. The summed E-state index contributed by atoms with van der Waals surface area (Å²) in [6.07, 6.45) is 1.42. The average molecular weight is 436 g/mol. The quantitative estimate of drug-likeness (QED) is 0.565. The zero-order chi connectivity index (χ0) is 16.8. The lowest BCUT2D eigenvalue weighted by Gasteiger charge is -2.10. The standard InChI is InChI=1S/C17H12Br2N2O2/c18-14-3-1-11(2-4-14)10-23-16-6-5-15(19)8-12(16)7-13(9-20)17(21)22/h1-8H,10H2,(H2,21,22)/b13-7+. The first-order valence-corrected chi connectivity index (χ1v) is 8.16. The zero-order valence-corrected chi connectivity index (χ0v) is 15.1. The average Bonchev–Trinajstić information content (AvgIpc) is 2.53. The Kier molecular flexibility index (Phi) is 5.97. The third-order valence-electron chi connectivity index (χ3n) is 2.97. The maximum atomic E-state index is 11.2. The number of carbonyl (C=O) groups is 1. The first-order valence-electron chi connectivity index (χ1n) is 6.58. The van der Waals surface area contributed by atoms with Gasteiger partial charge in [-0.25, -0.2) is 0 Å². The van der Waals surface area contributed by atoms with Crippen LogP contribution in [-0.4, -0.2) is 5.91 Å². The fourth-order valence-electron chi connectivity index (χ4n) is 1.82. The molecule has 2 aromatic rings. The molecule has 116 valence electrons. The van der Waals surface area contributed by atoms with Gasteiger partial charge in [-0.3, -0.25) is 4.79 Å². The van der Waals surface area contributed by atoms with Crippen LogP contribution in [0.3, 0.4) is 0 Å². The van der Waals surface area contributed by atoms with E-state index in [2.05, 4.69) is 31.9 Å². The third-order valence-corrected chi connectivity index (χ3v) is 3.99. The summed E-state index contributed by atoms with van der Waals surface area (Å²) in [6.45, 7) is 0.369. The zero-order valence-electron chi connectivity index (χ0n) is 11.9. The monoisotopic (exact) mass is 434 g/mol. The first-order chi connectivity index (χ1) is 11.0. The Morgan fingerprint density at radius 1 is 1.17 bits per heavy atom. The van der Waals surface area contributed by atoms with Gasteiger partial charge in [0.05, 0.1) is 0 Å². The van der Waals surface area contributed by atoms with E-state index in [1.54, 1.807) is 18.2 Å². The van der Waals surface area contributed by atoms with E-state index in [1.807, 2.05) is 30.3 Å². The van der Waals surface area contributed by atoms with E-state index in [1.165, 1.54) is 6.08 Å². The van der Waals surface area contributed by atoms with E-state index in [0.717, 1.165) is 14.5 Å². The van der Waals surface area contributed by atoms with Gasteiger partial charge in [-0.05, 0) is 42.0 Å². The van der Waals surface area contributed by atoms with Gasteiger partial charge in [0.1, 0.15) is 24.0 Å². The molecule has 1 amide bonds. The number of nitrogens with zero attached hydrogens (tertiary/aromatic N) is 1. The fraction of sp³-hybridized carbons (Fsp3) is 0.0588. The van der Waals surface area contributed by atoms with Crippen LogP contribution in [0.2, 0.25) is 0 Å². The van der Waals surface area contributed by atoms with Crippen LogP contribution >= 0.6 is 31.9 Å². The van der Waals surface area contributed by atoms with Crippen LogP contribution in [0.4, 0.5) is 0 Å². The number of nitriles is 1. The maximum Gasteiger partial charge on any atom is 0.259 e. The minimum Gasteiger partial charge on any atom is -0.488 e. The van der Waals surface area contributed by atoms with Crippen molar-refractivity contribution in [2.24, 2.45) is 5.73 Å². The highest BCUT2D eigenvalue weighted by atomic mass is 79.9. The molecule has 4 nitrogen and oxygen atoms in total. The number of carbonyl (C=O) groups excluding carboxylic acids is 1. The van der Waals surface area contributed by atoms with Gasteiger partial charge in [-0.15, -0.1) is 0 Å². The molecule has 2 aromatic carbocycles. The minimum atomic E-state index is -0.772. The van der Waals surface area contributed by atoms with E-state index in [9.17, 15) is 4.79 Å². The summed E-state index contributed by atoms with van der Waals surface area (Å²) in [5.74, 6) is -0.212. The van der Waals surface area contributed by atoms with Crippen molar-refractivity contribution in [1.29, 1.82) is 5.26 Å². The second-order valence-corrected chi connectivity index (χ2v) is 6.46. The molecule has 0 bridgehead atoms. The summed E-state index contributed by atoms with van der Waals surface area (Å²) in [4.78, 5) is 11.2. The molecule has 2 N–H and O–H groups in total. The van der Waals surface area contributed by atoms with Gasteiger partial charge in [0.2, 0.25) is 0 Å². The van der Waals surface area contributed by atoms with Crippen molar-refractivity contribution in [1.82, 2.24) is 0 Å². The number of hydrogen-bond acceptors (Lipinski definition) is 3. The van der Waals surface area contributed by atoms with Gasteiger partial charge in [0, 0.05) is 14.5 Å². The van der Waals surface area contributed by atoms with E-state index in [-0.39, 0.29) is 5.57 Å². The molecular weight excluding hydrogens is 424 g/mol. The fourth-order valence-corrected chi connectivity index (χ4v) is 2.46. The van der Waals surface area contributed by atoms with Gasteiger partial charge >= 0.3 is 0 Å². The van der Waals surface area contributed by atoms with Crippen LogP contribution < -0.4 is 10.5 Å². The summed E-state index contributed by atoms with van der Waals surface area (Å²) in [5.41, 5.74) is 6.65. The highest BCUT2D eigenvalue weighted by molar-refractivity contribution is 9.10. The summed E-state index contributed by atoms with van der Waals surface area (Å²) in [7, 11) is 0. The molecule has 0 aliphatic rings. The number of halogens is 2. The second kappa shape index (κ2) is 7.95. The maximum absolute atomic E-state index is 11.2. The van der Waals surface area contributed by atoms with E-state index >= 15 is 0 Å². The predicted octanol–water partition coefficient (Wildman–Crippen LogP) is 4.18. The van der Waals surface area contributed by atoms with Crippen LogP contribution in [0.1, 0.15) is 11.1 Å². The number of primary amides is 1. The predicted molar refractivity (Wildman–Crippen MR) is 95.4 cm³/mol. The van der Waals surface area contributed by atoms with E-state index in [0.29, 0.717) is 17.9 Å². The highest BCUT2D eigenvalue weighted by Gasteiger charge is 2.08. The van der Waals surface area contributed by atoms with Crippen molar-refractivity contribution < 1.29 is 9.53 Å². The van der Waals surface area contributed by atoms with Crippen molar-refractivity contribution in [3.63, 3.8) is 0 Å². The molecular formula is C17H12Br2N2O2. The molecule has 0 saturated heterocycles. The summed E-state index contributed by atoms with van der Waals surface area (Å²) in [6, 6.07) is 14.9. The highest BCUT2D eigenvalue weighted by Crippen LogP contribution is 2.26. The molecule has 0 aliphatic heterocycles. The third kappa shape index (κ3) is 4.95. The summed E-state index contributed by atoms with van der Waals surface area (Å²) in [5, 5.41) is 8.98. The Morgan fingerprint density at radius 2 is 1.83 bits per heavy atom. The molecule has 23 heavy (non-hydrogen) atoms. The van der Waals surface area contributed by atoms with Crippen LogP contribution in [-0.2, 0) is 11.4 Å². The van der Waals surface area contributed by atoms with E-state index in [4.69, 9.17) is 15.7 Å². The Labute approximate surface area is 150 Å². The summed E-state index contributed by atoms with van der Waals surface area (Å²) < 4.78 is 7.60. The SMILES string of the molecule is N#C/C(=C\c1cc(Br)ccc1OCc1ccc(Br)cc1)C(N)=O. The normalized spacial score (nSPS) is 10.9. The molecule has 0 atom stereocenters. The minimum absolute atomic E-state index is 0.128. The Hall–Kier alpha value is -2.10. The lowest BCUT2D eigenvalue weighted by Crippen LogP contribution is -2.12. The van der Waals surface area contributed by atoms with E-state index < -0.39 is 5.91 Å². The molecule has 0 fully saturated rings. The molecule has 6 heteroatoms. The van der Waals surface area contributed by atoms with Crippen molar-refractivity contribution in [2.75, 3.05) is 0 Å². The number of amides is 1. The lowest BCUT2D eigenvalue weighted by molar-refractivity contribution is -0.114. The van der Waals surface area contributed by atoms with Crippen molar-refractivity contribution in [2.45, 2.75) is 6.61 Å². The van der Waals surface area contributed by atoms with Gasteiger partial charge in [0.15, 0.2) is 0 Å². The number of rotatable bonds is 5. The molecule has 0 aromatic heterocycles. The lowest BCUT2D eigenvalue weighted by atomic mass is 10.1. The van der Waals surface area contributed by atoms with Crippen LogP contribution in [0.15, 0.2) is 57.0 Å². The number of benzene rings is 2. The molecule has 0 spiro atoms. The van der Waals surface area contributed by atoms with Gasteiger partial charge in [-0.1, -0.05) is 44.0 Å². The Morgan fingerprint density at radius 3 is 2.43 bits per heavy atom. The van der Waals surface area contributed by atoms with Crippen molar-refractivity contribution in [3.8, 4) is 11.8 Å². The van der Waals surface area contributed by atoms with Crippen molar-refractivity contribution in [3.05, 3.63) is 68.1 Å². The van der Waals surface area contributed by atoms with Gasteiger partial charge in [-0.2, -0.15) is 5.26 Å². The van der Waals surface area contributed by atoms with Crippen LogP contribution in [0.25, 0.3) is 6.08 Å². The van der Waals surface area contributed by atoms with Crippen molar-refractivity contribution >= 4 is 43.8 Å². The van der Waals surface area contributed by atoms with Crippen LogP contribution in [0.5, 0.6) is 5.75 Å². The molecule has 0 heterocycles. The molecule has 0 unspecified atom stereocenters. The topological polar surface area (TPSA) is 76.1 Å². The molecule has 0 aliphatic carbocycles. The largest absolute Gasteiger partial charge is 0.488 e.